The van der Waals surface area contributed by atoms with Crippen LogP contribution in [0.5, 0.6) is 17.4 Å². The standard InChI is InChI=1S/C25H26FN5O6S/c1-34-19-8-6-9-20(35-2)24(19)31-22(29-30-25(31)18-7-5-10-23(28-18)37-4)15-38(32,33)14-21(36-3)17-12-11-16(26)13-27-17/h5-13,21H,14-15H2,1-4H3/t21-/m0/s1. The summed E-state index contributed by atoms with van der Waals surface area (Å²) in [6.07, 6.45) is 0.0867. The fraction of sp³-hybridized carbons (Fsp3) is 0.280. The SMILES string of the molecule is COc1cccc(-c2nnc(CS(=O)(=O)C[C@H](OC)c3ccc(F)cn3)n2-c2c(OC)cccc2OC)n1. The second kappa shape index (κ2) is 11.5. The van der Waals surface area contributed by atoms with E-state index in [1.54, 1.807) is 36.4 Å². The first-order valence-electron chi connectivity index (χ1n) is 11.3. The number of methoxy groups -OCH3 is 4. The van der Waals surface area contributed by atoms with Crippen LogP contribution >= 0.6 is 0 Å². The van der Waals surface area contributed by atoms with Crippen molar-refractivity contribution < 1.29 is 31.8 Å². The third-order valence-electron chi connectivity index (χ3n) is 5.64. The topological polar surface area (TPSA) is 128 Å². The number of ether oxygens (including phenoxy) is 4. The fourth-order valence-electron chi connectivity index (χ4n) is 3.85. The van der Waals surface area contributed by atoms with Crippen molar-refractivity contribution in [3.8, 4) is 34.6 Å². The van der Waals surface area contributed by atoms with E-state index in [9.17, 15) is 12.8 Å². The summed E-state index contributed by atoms with van der Waals surface area (Å²) in [5.41, 5.74) is 1.07. The number of hydrogen-bond acceptors (Lipinski definition) is 10. The number of aromatic nitrogens is 5. The largest absolute Gasteiger partial charge is 0.494 e. The molecule has 200 valence electrons. The van der Waals surface area contributed by atoms with Gasteiger partial charge in [-0.2, -0.15) is 0 Å². The summed E-state index contributed by atoms with van der Waals surface area (Å²) >= 11 is 0. The highest BCUT2D eigenvalue weighted by molar-refractivity contribution is 7.90. The minimum atomic E-state index is -3.86. The van der Waals surface area contributed by atoms with Crippen LogP contribution < -0.4 is 14.2 Å². The Kier molecular flexibility index (Phi) is 8.17. The van der Waals surface area contributed by atoms with Gasteiger partial charge in [0.2, 0.25) is 5.88 Å². The van der Waals surface area contributed by atoms with E-state index < -0.39 is 33.3 Å². The Bertz CT molecular complexity index is 1490. The fourth-order valence-corrected chi connectivity index (χ4v) is 5.32. The first-order chi connectivity index (χ1) is 18.3. The molecule has 0 saturated carbocycles. The maximum Gasteiger partial charge on any atom is 0.213 e. The average molecular weight is 544 g/mol. The first kappa shape index (κ1) is 26.9. The molecular weight excluding hydrogens is 517 g/mol. The monoisotopic (exact) mass is 543 g/mol. The van der Waals surface area contributed by atoms with Gasteiger partial charge in [0.05, 0.1) is 39.0 Å². The van der Waals surface area contributed by atoms with Crippen LogP contribution in [0.3, 0.4) is 0 Å². The van der Waals surface area contributed by atoms with E-state index in [0.29, 0.717) is 28.8 Å². The van der Waals surface area contributed by atoms with Crippen molar-refractivity contribution in [1.29, 1.82) is 0 Å². The van der Waals surface area contributed by atoms with Crippen molar-refractivity contribution >= 4 is 9.84 Å². The molecule has 0 radical (unpaired) electrons. The van der Waals surface area contributed by atoms with Gasteiger partial charge < -0.3 is 18.9 Å². The summed E-state index contributed by atoms with van der Waals surface area (Å²) in [5.74, 6) is 0.0120. The number of sulfone groups is 1. The molecule has 11 nitrogen and oxygen atoms in total. The molecule has 4 aromatic rings. The van der Waals surface area contributed by atoms with Gasteiger partial charge in [-0.25, -0.2) is 17.8 Å². The minimum Gasteiger partial charge on any atom is -0.494 e. The van der Waals surface area contributed by atoms with Gasteiger partial charge in [0, 0.05) is 13.2 Å². The van der Waals surface area contributed by atoms with Gasteiger partial charge in [-0.15, -0.1) is 10.2 Å². The number of pyridine rings is 2. The van der Waals surface area contributed by atoms with Crippen molar-refractivity contribution in [2.45, 2.75) is 11.9 Å². The number of benzene rings is 1. The van der Waals surface area contributed by atoms with Crippen LogP contribution in [0.2, 0.25) is 0 Å². The molecule has 3 heterocycles. The molecule has 0 bridgehead atoms. The van der Waals surface area contributed by atoms with Gasteiger partial charge >= 0.3 is 0 Å². The lowest BCUT2D eigenvalue weighted by molar-refractivity contribution is 0.118. The van der Waals surface area contributed by atoms with Gasteiger partial charge in [-0.05, 0) is 30.3 Å². The predicted octanol–water partition coefficient (Wildman–Crippen LogP) is 3.19. The summed E-state index contributed by atoms with van der Waals surface area (Å²) in [4.78, 5) is 8.40. The van der Waals surface area contributed by atoms with Crippen LogP contribution in [-0.2, 0) is 20.3 Å². The lowest BCUT2D eigenvalue weighted by atomic mass is 10.2. The zero-order valence-electron chi connectivity index (χ0n) is 21.2. The Morgan fingerprint density at radius 3 is 2.24 bits per heavy atom. The average Bonchev–Trinajstić information content (AvgIpc) is 3.33. The van der Waals surface area contributed by atoms with Gasteiger partial charge in [0.25, 0.3) is 0 Å². The molecule has 1 atom stereocenters. The van der Waals surface area contributed by atoms with Gasteiger partial charge in [0.1, 0.15) is 40.6 Å². The molecule has 0 unspecified atom stereocenters. The third-order valence-corrected chi connectivity index (χ3v) is 7.14. The zero-order chi connectivity index (χ0) is 27.3. The quantitative estimate of drug-likeness (QED) is 0.278. The lowest BCUT2D eigenvalue weighted by Gasteiger charge is -2.18. The highest BCUT2D eigenvalue weighted by Gasteiger charge is 2.29. The molecule has 1 aromatic carbocycles. The van der Waals surface area contributed by atoms with Crippen molar-refractivity contribution in [2.24, 2.45) is 0 Å². The van der Waals surface area contributed by atoms with E-state index in [-0.39, 0.29) is 17.3 Å². The van der Waals surface area contributed by atoms with E-state index in [1.165, 1.54) is 45.1 Å². The van der Waals surface area contributed by atoms with E-state index in [2.05, 4.69) is 20.2 Å². The van der Waals surface area contributed by atoms with Crippen LogP contribution in [0.4, 0.5) is 4.39 Å². The summed E-state index contributed by atoms with van der Waals surface area (Å²) < 4.78 is 63.4. The van der Waals surface area contributed by atoms with E-state index in [4.69, 9.17) is 18.9 Å². The van der Waals surface area contributed by atoms with Crippen LogP contribution in [0, 0.1) is 5.82 Å². The molecule has 3 aromatic heterocycles. The zero-order valence-corrected chi connectivity index (χ0v) is 22.0. The molecule has 0 spiro atoms. The van der Waals surface area contributed by atoms with Crippen LogP contribution in [0.15, 0.2) is 54.7 Å². The molecule has 0 amide bonds. The summed E-state index contributed by atoms with van der Waals surface area (Å²) in [6.45, 7) is 0. The maximum absolute atomic E-state index is 13.4. The number of nitrogens with zero attached hydrogens (tertiary/aromatic N) is 5. The summed E-state index contributed by atoms with van der Waals surface area (Å²) in [7, 11) is 1.96. The second-order valence-corrected chi connectivity index (χ2v) is 10.1. The number of para-hydroxylation sites is 1. The van der Waals surface area contributed by atoms with E-state index in [0.717, 1.165) is 6.20 Å². The van der Waals surface area contributed by atoms with Crippen molar-refractivity contribution in [2.75, 3.05) is 34.2 Å². The highest BCUT2D eigenvalue weighted by Crippen LogP contribution is 2.36. The number of rotatable bonds is 11. The Morgan fingerprint density at radius 2 is 1.63 bits per heavy atom. The van der Waals surface area contributed by atoms with Crippen molar-refractivity contribution in [3.63, 3.8) is 0 Å². The van der Waals surface area contributed by atoms with Crippen LogP contribution in [-0.4, -0.2) is 67.3 Å². The molecule has 0 aliphatic rings. The molecule has 0 fully saturated rings. The predicted molar refractivity (Wildman–Crippen MR) is 136 cm³/mol. The van der Waals surface area contributed by atoms with Gasteiger partial charge in [-0.3, -0.25) is 9.55 Å². The van der Waals surface area contributed by atoms with Gasteiger partial charge in [-0.1, -0.05) is 12.1 Å². The Hall–Kier alpha value is -4.10. The van der Waals surface area contributed by atoms with Crippen molar-refractivity contribution in [1.82, 2.24) is 24.7 Å². The van der Waals surface area contributed by atoms with Gasteiger partial charge in [0.15, 0.2) is 21.5 Å². The smallest absolute Gasteiger partial charge is 0.213 e. The Morgan fingerprint density at radius 1 is 0.921 bits per heavy atom. The van der Waals surface area contributed by atoms with Crippen LogP contribution in [0.25, 0.3) is 17.2 Å². The maximum atomic E-state index is 13.4. The lowest BCUT2D eigenvalue weighted by Crippen LogP contribution is -2.20. The molecule has 13 heteroatoms. The Balaban J connectivity index is 1.81. The minimum absolute atomic E-state index is 0.0920. The summed E-state index contributed by atoms with van der Waals surface area (Å²) in [5, 5.41) is 8.49. The second-order valence-electron chi connectivity index (χ2n) is 8.03. The Labute approximate surface area is 219 Å². The first-order valence-corrected chi connectivity index (χ1v) is 13.1. The molecular formula is C25H26FN5O6S. The van der Waals surface area contributed by atoms with E-state index in [1.807, 2.05) is 0 Å². The number of halogens is 1. The molecule has 38 heavy (non-hydrogen) atoms. The molecule has 0 aliphatic heterocycles. The molecule has 0 saturated heterocycles. The number of hydrogen-bond donors (Lipinski definition) is 0. The molecule has 4 rings (SSSR count). The normalized spacial score (nSPS) is 12.2. The third kappa shape index (κ3) is 5.73. The van der Waals surface area contributed by atoms with Crippen LogP contribution in [0.1, 0.15) is 17.6 Å². The molecule has 0 aliphatic carbocycles. The highest BCUT2D eigenvalue weighted by atomic mass is 32.2. The molecule has 0 N–H and O–H groups in total. The van der Waals surface area contributed by atoms with E-state index >= 15 is 0 Å². The summed E-state index contributed by atoms with van der Waals surface area (Å²) in [6, 6.07) is 12.8. The van der Waals surface area contributed by atoms with Crippen molar-refractivity contribution in [3.05, 3.63) is 72.1 Å².